The van der Waals surface area contributed by atoms with Crippen LogP contribution in [0.5, 0.6) is 0 Å². The van der Waals surface area contributed by atoms with Gasteiger partial charge in [-0.2, -0.15) is 0 Å². The highest BCUT2D eigenvalue weighted by atomic mass is 16.3. The standard InChI is InChI=1S/C22H27NO3/c24-17-22(26)12-7-14-23(15-13-22)21(25)16-20(18-8-3-1-4-9-18)19-10-5-2-6-11-19/h1-6,8-11,20,24,26H,7,12-17H2/t22-/m1/s1. The van der Waals surface area contributed by atoms with Crippen LogP contribution < -0.4 is 0 Å². The summed E-state index contributed by atoms with van der Waals surface area (Å²) in [6.07, 6.45) is 2.08. The minimum absolute atomic E-state index is 0.0184. The second-order valence-electron chi connectivity index (χ2n) is 7.19. The van der Waals surface area contributed by atoms with E-state index in [9.17, 15) is 15.0 Å². The van der Waals surface area contributed by atoms with Crippen LogP contribution in [0, 0.1) is 0 Å². The minimum Gasteiger partial charge on any atom is -0.393 e. The molecule has 1 atom stereocenters. The highest BCUT2D eigenvalue weighted by molar-refractivity contribution is 5.78. The van der Waals surface area contributed by atoms with Crippen molar-refractivity contribution >= 4 is 5.91 Å². The van der Waals surface area contributed by atoms with E-state index in [-0.39, 0.29) is 18.4 Å². The summed E-state index contributed by atoms with van der Waals surface area (Å²) in [5, 5.41) is 19.7. The van der Waals surface area contributed by atoms with Gasteiger partial charge in [0.15, 0.2) is 0 Å². The first-order valence-corrected chi connectivity index (χ1v) is 9.32. The highest BCUT2D eigenvalue weighted by Gasteiger charge is 2.31. The zero-order valence-corrected chi connectivity index (χ0v) is 15.1. The van der Waals surface area contributed by atoms with Gasteiger partial charge in [0, 0.05) is 25.4 Å². The van der Waals surface area contributed by atoms with Crippen molar-refractivity contribution in [1.82, 2.24) is 4.90 Å². The Labute approximate surface area is 155 Å². The number of carbonyl (C=O) groups excluding carboxylic acids is 1. The van der Waals surface area contributed by atoms with Crippen molar-refractivity contribution in [3.8, 4) is 0 Å². The molecule has 1 fully saturated rings. The Morgan fingerprint density at radius 3 is 2.08 bits per heavy atom. The molecule has 0 radical (unpaired) electrons. The lowest BCUT2D eigenvalue weighted by molar-refractivity contribution is -0.131. The molecule has 0 spiro atoms. The smallest absolute Gasteiger partial charge is 0.223 e. The number of benzene rings is 2. The van der Waals surface area contributed by atoms with Crippen molar-refractivity contribution in [3.05, 3.63) is 71.8 Å². The Kier molecular flexibility index (Phi) is 6.07. The van der Waals surface area contributed by atoms with E-state index in [0.29, 0.717) is 38.8 Å². The fourth-order valence-electron chi connectivity index (χ4n) is 3.69. The highest BCUT2D eigenvalue weighted by Crippen LogP contribution is 2.29. The van der Waals surface area contributed by atoms with Crippen molar-refractivity contribution in [2.24, 2.45) is 0 Å². The van der Waals surface area contributed by atoms with E-state index in [1.54, 1.807) is 0 Å². The molecule has 1 saturated heterocycles. The summed E-state index contributed by atoms with van der Waals surface area (Å²) in [5.41, 5.74) is 1.22. The van der Waals surface area contributed by atoms with Gasteiger partial charge in [0.1, 0.15) is 0 Å². The van der Waals surface area contributed by atoms with Gasteiger partial charge in [0.2, 0.25) is 5.91 Å². The molecule has 1 aliphatic rings. The van der Waals surface area contributed by atoms with Gasteiger partial charge < -0.3 is 15.1 Å². The lowest BCUT2D eigenvalue weighted by Gasteiger charge is -2.26. The predicted octanol–water partition coefficient (Wildman–Crippen LogP) is 2.94. The molecule has 0 unspecified atom stereocenters. The normalized spacial score (nSPS) is 20.8. The topological polar surface area (TPSA) is 60.8 Å². The number of aliphatic hydroxyl groups excluding tert-OH is 1. The van der Waals surface area contributed by atoms with Gasteiger partial charge >= 0.3 is 0 Å². The fourth-order valence-corrected chi connectivity index (χ4v) is 3.69. The van der Waals surface area contributed by atoms with Crippen LogP contribution in [0.25, 0.3) is 0 Å². The average molecular weight is 353 g/mol. The van der Waals surface area contributed by atoms with Crippen molar-refractivity contribution in [2.75, 3.05) is 19.7 Å². The van der Waals surface area contributed by atoms with Crippen LogP contribution in [0.4, 0.5) is 0 Å². The summed E-state index contributed by atoms with van der Waals surface area (Å²) in [6.45, 7) is 0.884. The Morgan fingerprint density at radius 1 is 0.962 bits per heavy atom. The Balaban J connectivity index is 1.76. The lowest BCUT2D eigenvalue weighted by Crippen LogP contribution is -2.37. The molecule has 2 N–H and O–H groups in total. The van der Waals surface area contributed by atoms with Crippen molar-refractivity contribution in [1.29, 1.82) is 0 Å². The number of hydrogen-bond acceptors (Lipinski definition) is 3. The fraction of sp³-hybridized carbons (Fsp3) is 0.409. The van der Waals surface area contributed by atoms with E-state index in [4.69, 9.17) is 0 Å². The number of aliphatic hydroxyl groups is 2. The molecular formula is C22H27NO3. The first-order chi connectivity index (χ1) is 12.6. The van der Waals surface area contributed by atoms with E-state index in [1.165, 1.54) is 0 Å². The first kappa shape index (κ1) is 18.6. The first-order valence-electron chi connectivity index (χ1n) is 9.32. The molecule has 0 aromatic heterocycles. The number of amides is 1. The van der Waals surface area contributed by atoms with E-state index in [1.807, 2.05) is 41.3 Å². The van der Waals surface area contributed by atoms with Gasteiger partial charge in [0.05, 0.1) is 12.2 Å². The maximum Gasteiger partial charge on any atom is 0.223 e. The largest absolute Gasteiger partial charge is 0.393 e. The molecule has 4 nitrogen and oxygen atoms in total. The number of carbonyl (C=O) groups is 1. The molecule has 1 heterocycles. The van der Waals surface area contributed by atoms with Crippen molar-refractivity contribution in [2.45, 2.75) is 37.2 Å². The predicted molar refractivity (Wildman–Crippen MR) is 102 cm³/mol. The second kappa shape index (κ2) is 8.47. The molecular weight excluding hydrogens is 326 g/mol. The summed E-state index contributed by atoms with van der Waals surface area (Å²) < 4.78 is 0. The Morgan fingerprint density at radius 2 is 1.54 bits per heavy atom. The zero-order chi connectivity index (χ0) is 18.4. The maximum absolute atomic E-state index is 13.0. The molecule has 2 aromatic carbocycles. The Hall–Kier alpha value is -2.17. The maximum atomic E-state index is 13.0. The summed E-state index contributed by atoms with van der Waals surface area (Å²) in [5.74, 6) is 0.120. The summed E-state index contributed by atoms with van der Waals surface area (Å²) in [7, 11) is 0. The van der Waals surface area contributed by atoms with Crippen LogP contribution in [0.2, 0.25) is 0 Å². The molecule has 2 aromatic rings. The van der Waals surface area contributed by atoms with Gasteiger partial charge in [-0.05, 0) is 30.4 Å². The van der Waals surface area contributed by atoms with Gasteiger partial charge in [-0.25, -0.2) is 0 Å². The molecule has 26 heavy (non-hydrogen) atoms. The van der Waals surface area contributed by atoms with Crippen LogP contribution in [0.1, 0.15) is 42.7 Å². The van der Waals surface area contributed by atoms with Gasteiger partial charge in [-0.3, -0.25) is 4.79 Å². The molecule has 1 aliphatic heterocycles. The summed E-state index contributed by atoms with van der Waals surface area (Å²) in [6, 6.07) is 20.2. The zero-order valence-electron chi connectivity index (χ0n) is 15.1. The van der Waals surface area contributed by atoms with Crippen LogP contribution in [-0.2, 0) is 4.79 Å². The van der Waals surface area contributed by atoms with E-state index in [2.05, 4.69) is 24.3 Å². The van der Waals surface area contributed by atoms with Crippen molar-refractivity contribution < 1.29 is 15.0 Å². The van der Waals surface area contributed by atoms with Crippen molar-refractivity contribution in [3.63, 3.8) is 0 Å². The minimum atomic E-state index is -1.05. The number of nitrogens with zero attached hydrogens (tertiary/aromatic N) is 1. The third kappa shape index (κ3) is 4.51. The number of likely N-dealkylation sites (tertiary alicyclic amines) is 1. The number of rotatable bonds is 5. The van der Waals surface area contributed by atoms with Gasteiger partial charge in [0.25, 0.3) is 0 Å². The van der Waals surface area contributed by atoms with E-state index < -0.39 is 5.60 Å². The Bertz CT molecular complexity index is 664. The van der Waals surface area contributed by atoms with Crippen LogP contribution in [-0.4, -0.2) is 46.3 Å². The van der Waals surface area contributed by atoms with Crippen LogP contribution >= 0.6 is 0 Å². The molecule has 0 saturated carbocycles. The lowest BCUT2D eigenvalue weighted by atomic mass is 9.88. The molecule has 138 valence electrons. The summed E-state index contributed by atoms with van der Waals surface area (Å²) in [4.78, 5) is 14.8. The van der Waals surface area contributed by atoms with E-state index in [0.717, 1.165) is 11.1 Å². The number of hydrogen-bond donors (Lipinski definition) is 2. The molecule has 4 heteroatoms. The monoisotopic (exact) mass is 353 g/mol. The molecule has 3 rings (SSSR count). The van der Waals surface area contributed by atoms with Crippen LogP contribution in [0.15, 0.2) is 60.7 Å². The van der Waals surface area contributed by atoms with Gasteiger partial charge in [-0.15, -0.1) is 0 Å². The quantitative estimate of drug-likeness (QED) is 0.869. The molecule has 0 aliphatic carbocycles. The summed E-state index contributed by atoms with van der Waals surface area (Å²) >= 11 is 0. The van der Waals surface area contributed by atoms with Gasteiger partial charge in [-0.1, -0.05) is 60.7 Å². The third-order valence-electron chi connectivity index (χ3n) is 5.35. The van der Waals surface area contributed by atoms with E-state index >= 15 is 0 Å². The second-order valence-corrected chi connectivity index (χ2v) is 7.19. The third-order valence-corrected chi connectivity index (χ3v) is 5.35. The van der Waals surface area contributed by atoms with Crippen LogP contribution in [0.3, 0.4) is 0 Å². The SMILES string of the molecule is O=C(CC(c1ccccc1)c1ccccc1)N1CCC[C@](O)(CO)CC1. The molecule has 1 amide bonds. The average Bonchev–Trinajstić information content (AvgIpc) is 2.90. The molecule has 0 bridgehead atoms.